The number of hydrogen-bond acceptors (Lipinski definition) is 7. The van der Waals surface area contributed by atoms with Crippen LogP contribution in [0.4, 0.5) is 17.6 Å². The minimum atomic E-state index is -0.336. The first-order valence-corrected chi connectivity index (χ1v) is 10.1. The van der Waals surface area contributed by atoms with E-state index in [0.717, 1.165) is 31.5 Å². The van der Waals surface area contributed by atoms with E-state index in [-0.39, 0.29) is 17.8 Å². The highest BCUT2D eigenvalue weighted by Crippen LogP contribution is 2.22. The van der Waals surface area contributed by atoms with Gasteiger partial charge in [-0.25, -0.2) is 0 Å². The number of aromatic nitrogens is 4. The number of benzene rings is 1. The van der Waals surface area contributed by atoms with Crippen molar-refractivity contribution in [1.82, 2.24) is 19.9 Å². The second-order valence-corrected chi connectivity index (χ2v) is 7.36. The molecular formula is C22H23N7O2. The molecule has 2 amide bonds. The zero-order valence-electron chi connectivity index (χ0n) is 17.4. The lowest BCUT2D eigenvalue weighted by Crippen LogP contribution is -2.23. The molecule has 0 spiro atoms. The average Bonchev–Trinajstić information content (AvgIpc) is 3.29. The van der Waals surface area contributed by atoms with Gasteiger partial charge in [-0.2, -0.15) is 15.0 Å². The molecule has 1 aliphatic rings. The van der Waals surface area contributed by atoms with Gasteiger partial charge >= 0.3 is 0 Å². The van der Waals surface area contributed by atoms with E-state index in [0.29, 0.717) is 28.7 Å². The predicted octanol–water partition coefficient (Wildman–Crippen LogP) is 3.05. The van der Waals surface area contributed by atoms with Crippen molar-refractivity contribution in [2.24, 2.45) is 0 Å². The molecule has 31 heavy (non-hydrogen) atoms. The predicted molar refractivity (Wildman–Crippen MR) is 118 cm³/mol. The molecule has 0 saturated carbocycles. The number of aryl methyl sites for hydroxylation is 1. The SMILES string of the molecule is CC(=O)Nc1ccc(C(=O)Nc2nc(-c3ccccn3)nc(N3CCCC3)n2)c(C)c1. The fourth-order valence-corrected chi connectivity index (χ4v) is 3.46. The maximum Gasteiger partial charge on any atom is 0.258 e. The van der Waals surface area contributed by atoms with Gasteiger partial charge in [0.25, 0.3) is 5.91 Å². The van der Waals surface area contributed by atoms with Gasteiger partial charge < -0.3 is 10.2 Å². The maximum atomic E-state index is 12.9. The molecule has 9 nitrogen and oxygen atoms in total. The molecule has 3 heterocycles. The number of hydrogen-bond donors (Lipinski definition) is 2. The first-order valence-electron chi connectivity index (χ1n) is 10.1. The summed E-state index contributed by atoms with van der Waals surface area (Å²) in [6.45, 7) is 4.97. The van der Waals surface area contributed by atoms with Crippen molar-refractivity contribution in [3.63, 3.8) is 0 Å². The van der Waals surface area contributed by atoms with Gasteiger partial charge in [0, 0.05) is 37.5 Å². The van der Waals surface area contributed by atoms with Crippen molar-refractivity contribution in [3.05, 3.63) is 53.7 Å². The third-order valence-electron chi connectivity index (χ3n) is 4.92. The molecule has 3 aromatic rings. The van der Waals surface area contributed by atoms with Crippen LogP contribution in [0.15, 0.2) is 42.6 Å². The van der Waals surface area contributed by atoms with Gasteiger partial charge in [-0.05, 0) is 55.7 Å². The molecule has 0 aliphatic carbocycles. The zero-order valence-corrected chi connectivity index (χ0v) is 17.4. The molecule has 1 aromatic carbocycles. The zero-order chi connectivity index (χ0) is 21.8. The standard InChI is InChI=1S/C22H23N7O2/c1-14-13-16(24-15(2)30)8-9-17(14)20(31)27-21-25-19(18-7-3-4-10-23-18)26-22(28-21)29-11-5-6-12-29/h3-4,7-10,13H,5-6,11-12H2,1-2H3,(H,24,30)(H,25,26,27,28,31). The third kappa shape index (κ3) is 4.82. The van der Waals surface area contributed by atoms with Gasteiger partial charge in [0.2, 0.25) is 17.8 Å². The fraction of sp³-hybridized carbons (Fsp3) is 0.273. The van der Waals surface area contributed by atoms with Crippen LogP contribution >= 0.6 is 0 Å². The largest absolute Gasteiger partial charge is 0.341 e. The Bertz CT molecular complexity index is 1110. The molecule has 1 fully saturated rings. The number of rotatable bonds is 5. The number of carbonyl (C=O) groups excluding carboxylic acids is 2. The van der Waals surface area contributed by atoms with E-state index in [9.17, 15) is 9.59 Å². The summed E-state index contributed by atoms with van der Waals surface area (Å²) in [4.78, 5) is 44.1. The van der Waals surface area contributed by atoms with Gasteiger partial charge in [0.05, 0.1) is 0 Å². The molecule has 0 radical (unpaired) electrons. The summed E-state index contributed by atoms with van der Waals surface area (Å²) < 4.78 is 0. The summed E-state index contributed by atoms with van der Waals surface area (Å²) in [5, 5.41) is 5.50. The van der Waals surface area contributed by atoms with E-state index >= 15 is 0 Å². The number of amides is 2. The number of carbonyl (C=O) groups is 2. The van der Waals surface area contributed by atoms with Crippen LogP contribution in [0.2, 0.25) is 0 Å². The Morgan fingerprint density at radius 2 is 1.81 bits per heavy atom. The maximum absolute atomic E-state index is 12.9. The molecule has 2 N–H and O–H groups in total. The molecular weight excluding hydrogens is 394 g/mol. The molecule has 0 bridgehead atoms. The van der Waals surface area contributed by atoms with E-state index in [4.69, 9.17) is 0 Å². The number of anilines is 3. The van der Waals surface area contributed by atoms with E-state index < -0.39 is 0 Å². The van der Waals surface area contributed by atoms with Crippen LogP contribution in [0.25, 0.3) is 11.5 Å². The van der Waals surface area contributed by atoms with Crippen molar-refractivity contribution < 1.29 is 9.59 Å². The smallest absolute Gasteiger partial charge is 0.258 e. The highest BCUT2D eigenvalue weighted by atomic mass is 16.2. The molecule has 4 rings (SSSR count). The first kappa shape index (κ1) is 20.4. The summed E-state index contributed by atoms with van der Waals surface area (Å²) in [6, 6.07) is 10.6. The second-order valence-electron chi connectivity index (χ2n) is 7.36. The summed E-state index contributed by atoms with van der Waals surface area (Å²) in [6.07, 6.45) is 3.82. The van der Waals surface area contributed by atoms with E-state index in [1.807, 2.05) is 25.1 Å². The van der Waals surface area contributed by atoms with Crippen LogP contribution in [0.1, 0.15) is 35.7 Å². The van der Waals surface area contributed by atoms with Gasteiger partial charge in [-0.1, -0.05) is 6.07 Å². The summed E-state index contributed by atoms with van der Waals surface area (Å²) in [5.74, 6) is 0.607. The minimum Gasteiger partial charge on any atom is -0.341 e. The van der Waals surface area contributed by atoms with Gasteiger partial charge in [-0.15, -0.1) is 0 Å². The molecule has 2 aromatic heterocycles. The molecule has 0 unspecified atom stereocenters. The van der Waals surface area contributed by atoms with E-state index in [2.05, 4.69) is 35.5 Å². The Morgan fingerprint density at radius 3 is 2.48 bits per heavy atom. The molecule has 158 valence electrons. The fourth-order valence-electron chi connectivity index (χ4n) is 3.46. The van der Waals surface area contributed by atoms with Crippen LogP contribution in [-0.2, 0) is 4.79 Å². The number of nitrogens with zero attached hydrogens (tertiary/aromatic N) is 5. The summed E-state index contributed by atoms with van der Waals surface area (Å²) >= 11 is 0. The van der Waals surface area contributed by atoms with Gasteiger partial charge in [0.15, 0.2) is 5.82 Å². The summed E-state index contributed by atoms with van der Waals surface area (Å²) in [7, 11) is 0. The second kappa shape index (κ2) is 8.86. The van der Waals surface area contributed by atoms with Crippen LogP contribution < -0.4 is 15.5 Å². The number of nitrogens with one attached hydrogen (secondary N) is 2. The van der Waals surface area contributed by atoms with Crippen molar-refractivity contribution in [3.8, 4) is 11.5 Å². The van der Waals surface area contributed by atoms with Crippen molar-refractivity contribution in [2.45, 2.75) is 26.7 Å². The Hall–Kier alpha value is -3.88. The van der Waals surface area contributed by atoms with Crippen LogP contribution in [0.5, 0.6) is 0 Å². The summed E-state index contributed by atoms with van der Waals surface area (Å²) in [5.41, 5.74) is 2.44. The highest BCUT2D eigenvalue weighted by molar-refractivity contribution is 6.05. The lowest BCUT2D eigenvalue weighted by atomic mass is 10.1. The quantitative estimate of drug-likeness (QED) is 0.656. The third-order valence-corrected chi connectivity index (χ3v) is 4.92. The van der Waals surface area contributed by atoms with Gasteiger partial charge in [0.1, 0.15) is 5.69 Å². The Morgan fingerprint density at radius 1 is 1.00 bits per heavy atom. The number of pyridine rings is 1. The normalized spacial score (nSPS) is 13.2. The Kier molecular flexibility index (Phi) is 5.83. The minimum absolute atomic E-state index is 0.168. The Balaban J connectivity index is 1.63. The lowest BCUT2D eigenvalue weighted by molar-refractivity contribution is -0.114. The molecule has 9 heteroatoms. The van der Waals surface area contributed by atoms with Crippen LogP contribution in [0, 0.1) is 6.92 Å². The van der Waals surface area contributed by atoms with Crippen molar-refractivity contribution in [1.29, 1.82) is 0 Å². The highest BCUT2D eigenvalue weighted by Gasteiger charge is 2.20. The molecule has 0 atom stereocenters. The molecule has 1 aliphatic heterocycles. The van der Waals surface area contributed by atoms with Crippen molar-refractivity contribution >= 4 is 29.4 Å². The topological polar surface area (TPSA) is 113 Å². The van der Waals surface area contributed by atoms with Crippen molar-refractivity contribution in [2.75, 3.05) is 28.6 Å². The molecule has 1 saturated heterocycles. The average molecular weight is 417 g/mol. The van der Waals surface area contributed by atoms with Gasteiger partial charge in [-0.3, -0.25) is 19.9 Å². The Labute approximate surface area is 180 Å². The lowest BCUT2D eigenvalue weighted by Gasteiger charge is -2.17. The van der Waals surface area contributed by atoms with E-state index in [1.165, 1.54) is 6.92 Å². The van der Waals surface area contributed by atoms with Crippen LogP contribution in [-0.4, -0.2) is 44.8 Å². The van der Waals surface area contributed by atoms with Crippen LogP contribution in [0.3, 0.4) is 0 Å². The first-order chi connectivity index (χ1) is 15.0. The monoisotopic (exact) mass is 417 g/mol. The van der Waals surface area contributed by atoms with E-state index in [1.54, 1.807) is 24.4 Å².